The van der Waals surface area contributed by atoms with Crippen molar-refractivity contribution in [3.63, 3.8) is 0 Å². The van der Waals surface area contributed by atoms with Gasteiger partial charge in [0.05, 0.1) is 5.69 Å². The van der Waals surface area contributed by atoms with Crippen molar-refractivity contribution in [2.45, 2.75) is 5.52 Å². The maximum atomic E-state index is 11.3. The molecule has 2 rings (SSSR count). The molecule has 0 spiro atoms. The van der Waals surface area contributed by atoms with Crippen LogP contribution >= 0.6 is 26.5 Å². The Hall–Kier alpha value is -1.05. The van der Waals surface area contributed by atoms with Gasteiger partial charge in [0.2, 0.25) is 0 Å². The molecule has 0 aliphatic rings. The summed E-state index contributed by atoms with van der Waals surface area (Å²) in [6, 6.07) is 9.19. The zero-order valence-electron chi connectivity index (χ0n) is 11.3. The third kappa shape index (κ3) is 3.83. The molecule has 1 heterocycles. The normalized spacial score (nSPS) is 13.8. The molecule has 4 N–H and O–H groups in total. The topological polar surface area (TPSA) is 132 Å². The second-order valence-corrected chi connectivity index (χ2v) is 9.06. The van der Waals surface area contributed by atoms with Crippen molar-refractivity contribution in [3.05, 3.63) is 40.5 Å². The summed E-state index contributed by atoms with van der Waals surface area (Å²) in [4.78, 5) is 40.1. The first-order chi connectivity index (χ1) is 10.1. The molecule has 0 aliphatic heterocycles. The van der Waals surface area contributed by atoms with E-state index in [0.717, 1.165) is 22.6 Å². The van der Waals surface area contributed by atoms with Gasteiger partial charge in [-0.25, -0.2) is 4.99 Å². The summed E-state index contributed by atoms with van der Waals surface area (Å²) in [7, 11) is -8.56. The summed E-state index contributed by atoms with van der Waals surface area (Å²) in [5, 5.41) is 1.70. The average molecular weight is 364 g/mol. The molecule has 0 saturated heterocycles. The lowest BCUT2D eigenvalue weighted by atomic mass is 10.2. The molecule has 22 heavy (non-hydrogen) atoms. The molecule has 0 fully saturated rings. The van der Waals surface area contributed by atoms with Crippen molar-refractivity contribution in [1.82, 2.24) is 4.57 Å². The zero-order chi connectivity index (χ0) is 16.5. The number of hydrogen-bond donors (Lipinski definition) is 4. The Labute approximate surface area is 129 Å². The molecule has 0 amide bonds. The van der Waals surface area contributed by atoms with E-state index in [4.69, 9.17) is 19.6 Å². The number of rotatable bonds is 4. The highest BCUT2D eigenvalue weighted by Gasteiger charge is 2.43. The monoisotopic (exact) mass is 364 g/mol. The molecule has 11 heteroatoms. The van der Waals surface area contributed by atoms with Crippen LogP contribution in [0, 0.1) is 0 Å². The van der Waals surface area contributed by atoms with Gasteiger partial charge in [0, 0.05) is 12.4 Å². The Bertz CT molecular complexity index is 797. The lowest BCUT2D eigenvalue weighted by Crippen LogP contribution is -2.17. The Kier molecular flexibility index (Phi) is 4.89. The fourth-order valence-electron chi connectivity index (χ4n) is 1.80. The summed E-state index contributed by atoms with van der Waals surface area (Å²) in [6.45, 7) is 0. The zero-order valence-corrected chi connectivity index (χ0v) is 13.9. The maximum absolute atomic E-state index is 11.3. The molecule has 2 aromatic rings. The highest BCUT2D eigenvalue weighted by Crippen LogP contribution is 2.60. The molecule has 1 aromatic heterocycles. The van der Waals surface area contributed by atoms with Crippen LogP contribution in [-0.2, 0) is 16.2 Å². The molecule has 0 saturated carbocycles. The predicted octanol–water partition coefficient (Wildman–Crippen LogP) is 1.29. The summed E-state index contributed by atoms with van der Waals surface area (Å²) < 4.78 is 24.1. The standard InChI is InChI=1S/C11H14N2O6P2S/c1-13-9(8-5-3-2-4-6-8)7-22-10(13)12-11(20(14,15)16)21(17,18)19/h2-7,11H,1H3,(H2,14,15,16)(H2,17,18,19). The van der Waals surface area contributed by atoms with Crippen molar-refractivity contribution in [2.24, 2.45) is 12.0 Å². The van der Waals surface area contributed by atoms with Gasteiger partial charge >= 0.3 is 15.2 Å². The second-order valence-electron chi connectivity index (χ2n) is 4.48. The lowest BCUT2D eigenvalue weighted by molar-refractivity contribution is 0.339. The third-order valence-electron chi connectivity index (χ3n) is 2.82. The van der Waals surface area contributed by atoms with Gasteiger partial charge in [0.25, 0.3) is 5.52 Å². The molecule has 0 unspecified atom stereocenters. The molecule has 120 valence electrons. The Morgan fingerprint density at radius 3 is 2.14 bits per heavy atom. The van der Waals surface area contributed by atoms with E-state index in [9.17, 15) is 9.13 Å². The van der Waals surface area contributed by atoms with Crippen molar-refractivity contribution < 1.29 is 28.7 Å². The molecule has 1 aromatic carbocycles. The quantitative estimate of drug-likeness (QED) is 0.605. The Balaban J connectivity index is 2.56. The van der Waals surface area contributed by atoms with Crippen molar-refractivity contribution >= 4 is 26.5 Å². The van der Waals surface area contributed by atoms with E-state index in [1.165, 1.54) is 4.57 Å². The van der Waals surface area contributed by atoms with Gasteiger partial charge in [-0.1, -0.05) is 30.3 Å². The average Bonchev–Trinajstić information content (AvgIpc) is 2.75. The highest BCUT2D eigenvalue weighted by atomic mass is 32.1. The predicted molar refractivity (Wildman–Crippen MR) is 82.2 cm³/mol. The number of aromatic nitrogens is 1. The SMILES string of the molecule is Cn1c(-c2ccccc2)csc1=NC(P(=O)(O)O)P(=O)(O)O. The smallest absolute Gasteiger partial charge is 0.322 e. The van der Waals surface area contributed by atoms with Crippen LogP contribution in [0.3, 0.4) is 0 Å². The third-order valence-corrected chi connectivity index (χ3v) is 6.99. The first-order valence-corrected chi connectivity index (χ1v) is 10.2. The van der Waals surface area contributed by atoms with E-state index in [-0.39, 0.29) is 4.80 Å². The van der Waals surface area contributed by atoms with Gasteiger partial charge in [-0.2, -0.15) is 0 Å². The summed E-state index contributed by atoms with van der Waals surface area (Å²) in [5.41, 5.74) is -0.820. The van der Waals surface area contributed by atoms with Crippen molar-refractivity contribution in [1.29, 1.82) is 0 Å². The molecular formula is C11H14N2O6P2S. The van der Waals surface area contributed by atoms with Crippen LogP contribution in [0.5, 0.6) is 0 Å². The number of thiazole rings is 1. The largest absolute Gasteiger partial charge is 0.362 e. The summed E-state index contributed by atoms with van der Waals surface area (Å²) in [6.07, 6.45) is 0. The van der Waals surface area contributed by atoms with Gasteiger partial charge in [0.1, 0.15) is 0 Å². The van der Waals surface area contributed by atoms with E-state index in [1.54, 1.807) is 12.4 Å². The molecule has 0 aliphatic carbocycles. The number of nitrogens with zero attached hydrogens (tertiary/aromatic N) is 2. The fourth-order valence-corrected chi connectivity index (χ4v) is 4.98. The number of benzene rings is 1. The molecule has 8 nitrogen and oxygen atoms in total. The lowest BCUT2D eigenvalue weighted by Gasteiger charge is -2.14. The Morgan fingerprint density at radius 1 is 1.09 bits per heavy atom. The minimum Gasteiger partial charge on any atom is -0.322 e. The first-order valence-electron chi connectivity index (χ1n) is 5.95. The van der Waals surface area contributed by atoms with Crippen LogP contribution in [-0.4, -0.2) is 29.7 Å². The van der Waals surface area contributed by atoms with Gasteiger partial charge in [-0.3, -0.25) is 9.13 Å². The van der Waals surface area contributed by atoms with Crippen molar-refractivity contribution in [2.75, 3.05) is 0 Å². The molecule has 0 radical (unpaired) electrons. The highest BCUT2D eigenvalue weighted by molar-refractivity contribution is 7.70. The van der Waals surface area contributed by atoms with Gasteiger partial charge in [-0.05, 0) is 5.56 Å². The number of hydrogen-bond acceptors (Lipinski definition) is 4. The fraction of sp³-hybridized carbons (Fsp3) is 0.182. The first kappa shape index (κ1) is 17.3. The molecular weight excluding hydrogens is 350 g/mol. The van der Waals surface area contributed by atoms with E-state index < -0.39 is 20.7 Å². The van der Waals surface area contributed by atoms with Crippen LogP contribution in [0.2, 0.25) is 0 Å². The minimum atomic E-state index is -5.08. The van der Waals surface area contributed by atoms with Crippen LogP contribution in [0.15, 0.2) is 40.7 Å². The molecule has 0 bridgehead atoms. The maximum Gasteiger partial charge on any atom is 0.362 e. The van der Waals surface area contributed by atoms with Crippen LogP contribution in [0.25, 0.3) is 11.3 Å². The van der Waals surface area contributed by atoms with Crippen molar-refractivity contribution in [3.8, 4) is 11.3 Å². The van der Waals surface area contributed by atoms with Gasteiger partial charge in [0.15, 0.2) is 4.80 Å². The van der Waals surface area contributed by atoms with Crippen LogP contribution in [0.4, 0.5) is 0 Å². The van der Waals surface area contributed by atoms with Crippen LogP contribution in [0.1, 0.15) is 0 Å². The van der Waals surface area contributed by atoms with Crippen LogP contribution < -0.4 is 4.80 Å². The van der Waals surface area contributed by atoms with E-state index >= 15 is 0 Å². The second kappa shape index (κ2) is 6.22. The van der Waals surface area contributed by atoms with E-state index in [0.29, 0.717) is 0 Å². The van der Waals surface area contributed by atoms with E-state index in [2.05, 4.69) is 4.99 Å². The Morgan fingerprint density at radius 2 is 1.64 bits per heavy atom. The summed E-state index contributed by atoms with van der Waals surface area (Å²) in [5.74, 6) is 0. The van der Waals surface area contributed by atoms with Gasteiger partial charge < -0.3 is 24.1 Å². The molecule has 0 atom stereocenters. The van der Waals surface area contributed by atoms with Gasteiger partial charge in [-0.15, -0.1) is 11.3 Å². The minimum absolute atomic E-state index is 0.107. The summed E-state index contributed by atoms with van der Waals surface area (Å²) >= 11 is 1.04. The van der Waals surface area contributed by atoms with E-state index in [1.807, 2.05) is 30.3 Å².